The van der Waals surface area contributed by atoms with Gasteiger partial charge in [-0.1, -0.05) is 6.07 Å². The standard InChI is InChI=1S/C21H25N3O2S/c1-15-4-9-20(26-3)19(14-15)22-21(27)24-12-10-23(11-13-24)18-7-5-17(6-8-18)16(2)25/h4-9,14H,10-13H2,1-3H3,(H,22,27). The van der Waals surface area contributed by atoms with Crippen molar-refractivity contribution in [2.75, 3.05) is 43.5 Å². The van der Waals surface area contributed by atoms with E-state index in [9.17, 15) is 4.79 Å². The lowest BCUT2D eigenvalue weighted by molar-refractivity contribution is 0.101. The van der Waals surface area contributed by atoms with Gasteiger partial charge in [0.1, 0.15) is 5.75 Å². The molecule has 1 heterocycles. The summed E-state index contributed by atoms with van der Waals surface area (Å²) in [5.74, 6) is 0.876. The SMILES string of the molecule is COc1ccc(C)cc1NC(=S)N1CCN(c2ccc(C(C)=O)cc2)CC1. The van der Waals surface area contributed by atoms with Crippen LogP contribution in [-0.2, 0) is 0 Å². The Morgan fingerprint density at radius 2 is 1.74 bits per heavy atom. The average molecular weight is 384 g/mol. The molecule has 0 saturated carbocycles. The first kappa shape index (κ1) is 19.2. The van der Waals surface area contributed by atoms with Gasteiger partial charge in [-0.15, -0.1) is 0 Å². The molecule has 0 radical (unpaired) electrons. The van der Waals surface area contributed by atoms with Crippen LogP contribution in [0.5, 0.6) is 5.75 Å². The molecule has 1 N–H and O–H groups in total. The number of ketones is 1. The lowest BCUT2D eigenvalue weighted by Gasteiger charge is -2.37. The van der Waals surface area contributed by atoms with Gasteiger partial charge in [0.2, 0.25) is 0 Å². The van der Waals surface area contributed by atoms with Crippen molar-refractivity contribution in [3.63, 3.8) is 0 Å². The van der Waals surface area contributed by atoms with E-state index in [1.807, 2.05) is 49.4 Å². The number of carbonyl (C=O) groups excluding carboxylic acids is 1. The van der Waals surface area contributed by atoms with Crippen molar-refractivity contribution in [3.05, 3.63) is 53.6 Å². The van der Waals surface area contributed by atoms with E-state index in [1.54, 1.807) is 14.0 Å². The molecular weight excluding hydrogens is 358 g/mol. The van der Waals surface area contributed by atoms with Crippen LogP contribution in [0.3, 0.4) is 0 Å². The number of nitrogens with zero attached hydrogens (tertiary/aromatic N) is 2. The number of hydrogen-bond donors (Lipinski definition) is 1. The van der Waals surface area contributed by atoms with E-state index >= 15 is 0 Å². The minimum Gasteiger partial charge on any atom is -0.495 e. The number of methoxy groups -OCH3 is 1. The van der Waals surface area contributed by atoms with Crippen LogP contribution in [0, 0.1) is 6.92 Å². The summed E-state index contributed by atoms with van der Waals surface area (Å²) in [6.45, 7) is 7.08. The van der Waals surface area contributed by atoms with E-state index in [1.165, 1.54) is 0 Å². The maximum atomic E-state index is 11.4. The van der Waals surface area contributed by atoms with Crippen LogP contribution in [0.25, 0.3) is 0 Å². The Balaban J connectivity index is 1.59. The van der Waals surface area contributed by atoms with Gasteiger partial charge in [-0.25, -0.2) is 0 Å². The maximum Gasteiger partial charge on any atom is 0.173 e. The van der Waals surface area contributed by atoms with Gasteiger partial charge in [0, 0.05) is 37.4 Å². The molecule has 5 nitrogen and oxygen atoms in total. The Kier molecular flexibility index (Phi) is 5.96. The monoisotopic (exact) mass is 383 g/mol. The number of Topliss-reactive ketones (excluding diaryl/α,β-unsaturated/α-hetero) is 1. The molecule has 0 atom stereocenters. The third-order valence-electron chi connectivity index (χ3n) is 4.80. The van der Waals surface area contributed by atoms with Crippen LogP contribution >= 0.6 is 12.2 Å². The van der Waals surface area contributed by atoms with Crippen LogP contribution in [-0.4, -0.2) is 49.1 Å². The molecule has 2 aromatic carbocycles. The number of carbonyl (C=O) groups is 1. The molecule has 0 aromatic heterocycles. The zero-order chi connectivity index (χ0) is 19.4. The maximum absolute atomic E-state index is 11.4. The second-order valence-corrected chi connectivity index (χ2v) is 7.10. The number of thiocarbonyl (C=S) groups is 1. The van der Waals surface area contributed by atoms with Crippen molar-refractivity contribution in [2.45, 2.75) is 13.8 Å². The van der Waals surface area contributed by atoms with Gasteiger partial charge >= 0.3 is 0 Å². The van der Waals surface area contributed by atoms with E-state index in [0.717, 1.165) is 54.4 Å². The highest BCUT2D eigenvalue weighted by atomic mass is 32.1. The number of rotatable bonds is 4. The molecule has 6 heteroatoms. The Labute approximate surface area is 165 Å². The second kappa shape index (κ2) is 8.39. The van der Waals surface area contributed by atoms with Crippen molar-refractivity contribution < 1.29 is 9.53 Å². The van der Waals surface area contributed by atoms with E-state index < -0.39 is 0 Å². The highest BCUT2D eigenvalue weighted by Crippen LogP contribution is 2.26. The third kappa shape index (κ3) is 4.57. The van der Waals surface area contributed by atoms with Gasteiger partial charge in [-0.05, 0) is 68.0 Å². The van der Waals surface area contributed by atoms with Crippen LogP contribution in [0.15, 0.2) is 42.5 Å². The van der Waals surface area contributed by atoms with Crippen LogP contribution in [0.4, 0.5) is 11.4 Å². The molecule has 0 unspecified atom stereocenters. The number of aryl methyl sites for hydroxylation is 1. The Bertz CT molecular complexity index is 828. The summed E-state index contributed by atoms with van der Waals surface area (Å²) in [5, 5.41) is 4.04. The molecule has 0 amide bonds. The summed E-state index contributed by atoms with van der Waals surface area (Å²) in [6, 6.07) is 13.8. The number of nitrogens with one attached hydrogen (secondary N) is 1. The van der Waals surface area contributed by atoms with Gasteiger partial charge in [0.05, 0.1) is 12.8 Å². The quantitative estimate of drug-likeness (QED) is 0.641. The summed E-state index contributed by atoms with van der Waals surface area (Å²) < 4.78 is 5.42. The average Bonchev–Trinajstić information content (AvgIpc) is 2.68. The summed E-state index contributed by atoms with van der Waals surface area (Å²) in [7, 11) is 1.66. The molecule has 142 valence electrons. The summed E-state index contributed by atoms with van der Waals surface area (Å²) in [6.07, 6.45) is 0. The number of anilines is 2. The van der Waals surface area contributed by atoms with E-state index in [2.05, 4.69) is 15.1 Å². The van der Waals surface area contributed by atoms with Crippen molar-refractivity contribution in [2.24, 2.45) is 0 Å². The van der Waals surface area contributed by atoms with E-state index in [4.69, 9.17) is 17.0 Å². The van der Waals surface area contributed by atoms with Gasteiger partial charge in [0.25, 0.3) is 0 Å². The normalized spacial score (nSPS) is 14.0. The summed E-state index contributed by atoms with van der Waals surface area (Å²) in [5.41, 5.74) is 3.93. The largest absolute Gasteiger partial charge is 0.495 e. The molecule has 1 fully saturated rings. The van der Waals surface area contributed by atoms with Crippen LogP contribution in [0.2, 0.25) is 0 Å². The fraction of sp³-hybridized carbons (Fsp3) is 0.333. The van der Waals surface area contributed by atoms with Gasteiger partial charge in [0.15, 0.2) is 10.9 Å². The molecule has 0 aliphatic carbocycles. The molecule has 2 aromatic rings. The van der Waals surface area contributed by atoms with Gasteiger partial charge in [-0.2, -0.15) is 0 Å². The van der Waals surface area contributed by atoms with Crippen molar-refractivity contribution >= 4 is 34.5 Å². The summed E-state index contributed by atoms with van der Waals surface area (Å²) in [4.78, 5) is 15.9. The minimum absolute atomic E-state index is 0.0920. The van der Waals surface area contributed by atoms with E-state index in [0.29, 0.717) is 5.11 Å². The van der Waals surface area contributed by atoms with Crippen LogP contribution in [0.1, 0.15) is 22.8 Å². The molecule has 1 aliphatic heterocycles. The minimum atomic E-state index is 0.0920. The predicted octanol–water partition coefficient (Wildman–Crippen LogP) is 3.73. The van der Waals surface area contributed by atoms with Gasteiger partial charge in [-0.3, -0.25) is 4.79 Å². The Morgan fingerprint density at radius 1 is 1.07 bits per heavy atom. The molecule has 3 rings (SSSR count). The van der Waals surface area contributed by atoms with Crippen molar-refractivity contribution in [1.29, 1.82) is 0 Å². The lowest BCUT2D eigenvalue weighted by Crippen LogP contribution is -2.50. The zero-order valence-corrected chi connectivity index (χ0v) is 16.8. The van der Waals surface area contributed by atoms with Crippen LogP contribution < -0.4 is 15.0 Å². The topological polar surface area (TPSA) is 44.8 Å². The summed E-state index contributed by atoms with van der Waals surface area (Å²) >= 11 is 5.61. The number of hydrogen-bond acceptors (Lipinski definition) is 4. The highest BCUT2D eigenvalue weighted by molar-refractivity contribution is 7.80. The number of piperazine rings is 1. The lowest BCUT2D eigenvalue weighted by atomic mass is 10.1. The van der Waals surface area contributed by atoms with Crippen molar-refractivity contribution in [1.82, 2.24) is 4.90 Å². The second-order valence-electron chi connectivity index (χ2n) is 6.71. The molecule has 1 saturated heterocycles. The molecule has 27 heavy (non-hydrogen) atoms. The highest BCUT2D eigenvalue weighted by Gasteiger charge is 2.20. The number of ether oxygens (including phenoxy) is 1. The predicted molar refractivity (Wildman–Crippen MR) is 114 cm³/mol. The van der Waals surface area contributed by atoms with E-state index in [-0.39, 0.29) is 5.78 Å². The molecular formula is C21H25N3O2S. The Morgan fingerprint density at radius 3 is 2.33 bits per heavy atom. The fourth-order valence-electron chi connectivity index (χ4n) is 3.19. The smallest absolute Gasteiger partial charge is 0.173 e. The Hall–Kier alpha value is -2.60. The number of benzene rings is 2. The molecule has 1 aliphatic rings. The first-order chi connectivity index (χ1) is 13.0. The third-order valence-corrected chi connectivity index (χ3v) is 5.16. The van der Waals surface area contributed by atoms with Gasteiger partial charge < -0.3 is 19.9 Å². The molecule has 0 bridgehead atoms. The van der Waals surface area contributed by atoms with Crippen molar-refractivity contribution in [3.8, 4) is 5.75 Å². The first-order valence-corrected chi connectivity index (χ1v) is 9.45. The molecule has 0 spiro atoms. The fourth-order valence-corrected chi connectivity index (χ4v) is 3.48. The first-order valence-electron chi connectivity index (χ1n) is 9.04. The zero-order valence-electron chi connectivity index (χ0n) is 16.0.